The summed E-state index contributed by atoms with van der Waals surface area (Å²) in [5, 5.41) is 11.8. The number of aliphatic hydroxyl groups excluding tert-OH is 1. The van der Waals surface area contributed by atoms with Crippen LogP contribution in [0.3, 0.4) is 0 Å². The van der Waals surface area contributed by atoms with Gasteiger partial charge in [-0.3, -0.25) is 4.79 Å². The van der Waals surface area contributed by atoms with Crippen molar-refractivity contribution < 1.29 is 14.3 Å². The molecule has 0 fully saturated rings. The van der Waals surface area contributed by atoms with Gasteiger partial charge in [-0.25, -0.2) is 0 Å². The van der Waals surface area contributed by atoms with Gasteiger partial charge in [0.1, 0.15) is 11.5 Å². The first-order chi connectivity index (χ1) is 8.47. The van der Waals surface area contributed by atoms with Crippen LogP contribution in [0, 0.1) is 26.7 Å². The van der Waals surface area contributed by atoms with Gasteiger partial charge >= 0.3 is 0 Å². The number of rotatable bonds is 6. The Morgan fingerprint density at radius 3 is 2.50 bits per heavy atom. The predicted molar refractivity (Wildman–Crippen MR) is 70.7 cm³/mol. The van der Waals surface area contributed by atoms with Crippen LogP contribution in [0.15, 0.2) is 4.42 Å². The Morgan fingerprint density at radius 2 is 2.00 bits per heavy atom. The van der Waals surface area contributed by atoms with Gasteiger partial charge in [0.15, 0.2) is 0 Å². The summed E-state index contributed by atoms with van der Waals surface area (Å²) in [7, 11) is 0. The van der Waals surface area contributed by atoms with Crippen LogP contribution in [0.2, 0.25) is 0 Å². The molecule has 1 heterocycles. The van der Waals surface area contributed by atoms with Crippen molar-refractivity contribution in [1.29, 1.82) is 0 Å². The third kappa shape index (κ3) is 3.60. The van der Waals surface area contributed by atoms with Gasteiger partial charge < -0.3 is 14.8 Å². The fraction of sp³-hybridized carbons (Fsp3) is 0.643. The van der Waals surface area contributed by atoms with E-state index in [1.165, 1.54) is 0 Å². The Balaban J connectivity index is 2.46. The van der Waals surface area contributed by atoms with E-state index in [1.54, 1.807) is 0 Å². The van der Waals surface area contributed by atoms with Crippen molar-refractivity contribution >= 4 is 5.91 Å². The van der Waals surface area contributed by atoms with E-state index in [-0.39, 0.29) is 12.5 Å². The SMILES string of the molecule is Cc1oc(C)c(C(=O)NCCCC(C)CO)c1C. The van der Waals surface area contributed by atoms with E-state index in [2.05, 4.69) is 5.32 Å². The molecule has 0 bridgehead atoms. The molecule has 0 aliphatic rings. The Hall–Kier alpha value is -1.29. The van der Waals surface area contributed by atoms with Crippen LogP contribution >= 0.6 is 0 Å². The number of amides is 1. The highest BCUT2D eigenvalue weighted by molar-refractivity contribution is 5.96. The van der Waals surface area contributed by atoms with Crippen molar-refractivity contribution in [3.05, 3.63) is 22.6 Å². The Bertz CT molecular complexity index is 409. The van der Waals surface area contributed by atoms with Gasteiger partial charge in [-0.1, -0.05) is 6.92 Å². The summed E-state index contributed by atoms with van der Waals surface area (Å²) in [5.41, 5.74) is 1.57. The number of aryl methyl sites for hydroxylation is 2. The second kappa shape index (κ2) is 6.59. The lowest BCUT2D eigenvalue weighted by molar-refractivity contribution is 0.0950. The zero-order valence-corrected chi connectivity index (χ0v) is 11.7. The van der Waals surface area contributed by atoms with Gasteiger partial charge in [0, 0.05) is 18.7 Å². The summed E-state index contributed by atoms with van der Waals surface area (Å²) >= 11 is 0. The van der Waals surface area contributed by atoms with Gasteiger partial charge in [0.25, 0.3) is 5.91 Å². The smallest absolute Gasteiger partial charge is 0.255 e. The van der Waals surface area contributed by atoms with Crippen molar-refractivity contribution in [3.63, 3.8) is 0 Å². The molecule has 0 radical (unpaired) electrons. The summed E-state index contributed by atoms with van der Waals surface area (Å²) in [6.45, 7) is 8.40. The number of furan rings is 1. The van der Waals surface area contributed by atoms with Gasteiger partial charge in [-0.15, -0.1) is 0 Å². The van der Waals surface area contributed by atoms with E-state index < -0.39 is 0 Å². The van der Waals surface area contributed by atoms with Crippen LogP contribution in [-0.4, -0.2) is 24.2 Å². The van der Waals surface area contributed by atoms with Crippen LogP contribution in [-0.2, 0) is 0 Å². The van der Waals surface area contributed by atoms with E-state index >= 15 is 0 Å². The summed E-state index contributed by atoms with van der Waals surface area (Å²) < 4.78 is 5.43. The third-order valence-electron chi connectivity index (χ3n) is 3.26. The zero-order chi connectivity index (χ0) is 13.7. The highest BCUT2D eigenvalue weighted by Crippen LogP contribution is 2.20. The largest absolute Gasteiger partial charge is 0.466 e. The zero-order valence-electron chi connectivity index (χ0n) is 11.7. The van der Waals surface area contributed by atoms with E-state index in [1.807, 2.05) is 27.7 Å². The molecule has 1 aromatic rings. The maximum absolute atomic E-state index is 12.0. The topological polar surface area (TPSA) is 62.5 Å². The number of hydrogen-bond donors (Lipinski definition) is 2. The lowest BCUT2D eigenvalue weighted by Gasteiger charge is -2.08. The first kappa shape index (κ1) is 14.8. The number of carbonyl (C=O) groups is 1. The molecule has 102 valence electrons. The molecule has 0 aromatic carbocycles. The molecule has 2 N–H and O–H groups in total. The van der Waals surface area contributed by atoms with Crippen molar-refractivity contribution in [2.45, 2.75) is 40.5 Å². The van der Waals surface area contributed by atoms with Gasteiger partial charge in [-0.05, 0) is 39.5 Å². The molecule has 1 atom stereocenters. The average molecular weight is 253 g/mol. The molecule has 0 aliphatic heterocycles. The Kier molecular flexibility index (Phi) is 5.41. The minimum atomic E-state index is -0.0708. The molecule has 0 saturated carbocycles. The molecule has 1 rings (SSSR count). The maximum atomic E-state index is 12.0. The van der Waals surface area contributed by atoms with E-state index in [4.69, 9.17) is 9.52 Å². The monoisotopic (exact) mass is 253 g/mol. The lowest BCUT2D eigenvalue weighted by atomic mass is 10.1. The van der Waals surface area contributed by atoms with Crippen LogP contribution < -0.4 is 5.32 Å². The summed E-state index contributed by atoms with van der Waals surface area (Å²) in [5.74, 6) is 1.69. The standard InChI is InChI=1S/C14H23NO3/c1-9(8-16)6-5-7-15-14(17)13-10(2)11(3)18-12(13)4/h9,16H,5-8H2,1-4H3,(H,15,17). The van der Waals surface area contributed by atoms with E-state index in [0.717, 1.165) is 24.2 Å². The van der Waals surface area contributed by atoms with Gasteiger partial charge in [0.2, 0.25) is 0 Å². The molecular weight excluding hydrogens is 230 g/mol. The molecule has 1 amide bonds. The number of carbonyl (C=O) groups excluding carboxylic acids is 1. The average Bonchev–Trinajstić information content (AvgIpc) is 2.58. The van der Waals surface area contributed by atoms with E-state index in [9.17, 15) is 4.79 Å². The number of hydrogen-bond acceptors (Lipinski definition) is 3. The molecule has 4 nitrogen and oxygen atoms in total. The summed E-state index contributed by atoms with van der Waals surface area (Å²) in [6.07, 6.45) is 1.79. The minimum absolute atomic E-state index is 0.0708. The van der Waals surface area contributed by atoms with Gasteiger partial charge in [-0.2, -0.15) is 0 Å². The Labute approximate surface area is 108 Å². The second-order valence-corrected chi connectivity index (χ2v) is 4.90. The van der Waals surface area contributed by atoms with Crippen molar-refractivity contribution in [1.82, 2.24) is 5.32 Å². The van der Waals surface area contributed by atoms with Gasteiger partial charge in [0.05, 0.1) is 5.56 Å². The summed E-state index contributed by atoms with van der Waals surface area (Å²) in [4.78, 5) is 12.0. The maximum Gasteiger partial charge on any atom is 0.255 e. The van der Waals surface area contributed by atoms with Crippen LogP contribution in [0.1, 0.15) is 47.2 Å². The fourth-order valence-corrected chi connectivity index (χ4v) is 1.96. The van der Waals surface area contributed by atoms with E-state index in [0.29, 0.717) is 23.8 Å². The van der Waals surface area contributed by atoms with Crippen LogP contribution in [0.4, 0.5) is 0 Å². The Morgan fingerprint density at radius 1 is 1.33 bits per heavy atom. The highest BCUT2D eigenvalue weighted by Gasteiger charge is 2.17. The lowest BCUT2D eigenvalue weighted by Crippen LogP contribution is -2.25. The molecule has 1 unspecified atom stereocenters. The molecule has 0 spiro atoms. The summed E-state index contributed by atoms with van der Waals surface area (Å²) in [6, 6.07) is 0. The predicted octanol–water partition coefficient (Wildman–Crippen LogP) is 2.34. The third-order valence-corrected chi connectivity index (χ3v) is 3.26. The van der Waals surface area contributed by atoms with Crippen molar-refractivity contribution in [3.8, 4) is 0 Å². The molecule has 0 aliphatic carbocycles. The van der Waals surface area contributed by atoms with Crippen molar-refractivity contribution in [2.24, 2.45) is 5.92 Å². The quantitative estimate of drug-likeness (QED) is 0.765. The fourth-order valence-electron chi connectivity index (χ4n) is 1.96. The number of nitrogens with one attached hydrogen (secondary N) is 1. The highest BCUT2D eigenvalue weighted by atomic mass is 16.3. The van der Waals surface area contributed by atoms with Crippen LogP contribution in [0.25, 0.3) is 0 Å². The molecule has 18 heavy (non-hydrogen) atoms. The first-order valence-corrected chi connectivity index (χ1v) is 6.43. The van der Waals surface area contributed by atoms with Crippen LogP contribution in [0.5, 0.6) is 0 Å². The number of aliphatic hydroxyl groups is 1. The normalized spacial score (nSPS) is 12.5. The molecule has 1 aromatic heterocycles. The molecule has 0 saturated heterocycles. The van der Waals surface area contributed by atoms with Crippen molar-refractivity contribution in [2.75, 3.05) is 13.2 Å². The minimum Gasteiger partial charge on any atom is -0.466 e. The molecular formula is C14H23NO3. The second-order valence-electron chi connectivity index (χ2n) is 4.90. The first-order valence-electron chi connectivity index (χ1n) is 6.43. The molecule has 4 heteroatoms.